The summed E-state index contributed by atoms with van der Waals surface area (Å²) in [5.74, 6) is 1.96. The molecule has 0 aliphatic rings. The van der Waals surface area contributed by atoms with Crippen molar-refractivity contribution < 1.29 is 4.74 Å². The Bertz CT molecular complexity index is 292. The van der Waals surface area contributed by atoms with Crippen molar-refractivity contribution in [3.8, 4) is 0 Å². The largest absolute Gasteiger partial charge is 0.383 e. The van der Waals surface area contributed by atoms with Gasteiger partial charge in [-0.25, -0.2) is 0 Å². The Hall–Kier alpha value is -0.510. The highest BCUT2D eigenvalue weighted by atomic mass is 32.2. The van der Waals surface area contributed by atoms with Gasteiger partial charge >= 0.3 is 0 Å². The molecule has 0 aromatic heterocycles. The molecule has 0 saturated carbocycles. The number of hydrogen-bond donors (Lipinski definition) is 1. The number of thioether (sulfide) groups is 1. The van der Waals surface area contributed by atoms with Crippen LogP contribution in [0.15, 0.2) is 30.3 Å². The van der Waals surface area contributed by atoms with Crippen molar-refractivity contribution in [2.75, 3.05) is 38.8 Å². The average Bonchev–Trinajstić information content (AvgIpc) is 2.41. The van der Waals surface area contributed by atoms with Gasteiger partial charge in [-0.2, -0.15) is 11.8 Å². The highest BCUT2D eigenvalue weighted by Gasteiger charge is 2.09. The third kappa shape index (κ3) is 7.04. The van der Waals surface area contributed by atoms with Crippen LogP contribution in [0.25, 0.3) is 0 Å². The van der Waals surface area contributed by atoms with E-state index >= 15 is 0 Å². The maximum absolute atomic E-state index is 5.06. The Balaban J connectivity index is 2.35. The first-order chi connectivity index (χ1) is 8.86. The van der Waals surface area contributed by atoms with Gasteiger partial charge in [-0.1, -0.05) is 30.3 Å². The number of nitrogens with one attached hydrogen (secondary N) is 1. The van der Waals surface area contributed by atoms with Gasteiger partial charge in [-0.3, -0.25) is 0 Å². The first kappa shape index (κ1) is 15.5. The first-order valence-corrected chi connectivity index (χ1v) is 7.98. The van der Waals surface area contributed by atoms with Crippen LogP contribution >= 0.6 is 11.8 Å². The van der Waals surface area contributed by atoms with Gasteiger partial charge in [0.2, 0.25) is 0 Å². The zero-order valence-corrected chi connectivity index (χ0v) is 12.3. The van der Waals surface area contributed by atoms with Crippen molar-refractivity contribution in [1.29, 1.82) is 0 Å². The number of benzene rings is 1. The molecular weight excluding hydrogens is 242 g/mol. The lowest BCUT2D eigenvalue weighted by atomic mass is 9.97. The minimum Gasteiger partial charge on any atom is -0.383 e. The summed E-state index contributed by atoms with van der Waals surface area (Å²) in [5, 5.41) is 3.48. The molecule has 1 unspecified atom stereocenters. The van der Waals surface area contributed by atoms with Crippen LogP contribution in [0.4, 0.5) is 0 Å². The summed E-state index contributed by atoms with van der Waals surface area (Å²) in [6.07, 6.45) is 4.62. The van der Waals surface area contributed by atoms with Crippen molar-refractivity contribution in [2.24, 2.45) is 5.92 Å². The zero-order valence-electron chi connectivity index (χ0n) is 11.5. The summed E-state index contributed by atoms with van der Waals surface area (Å²) in [7, 11) is 1.75. The minimum atomic E-state index is 0.719. The van der Waals surface area contributed by atoms with Crippen molar-refractivity contribution in [2.45, 2.75) is 12.8 Å². The molecule has 0 saturated heterocycles. The van der Waals surface area contributed by atoms with E-state index in [0.29, 0.717) is 0 Å². The van der Waals surface area contributed by atoms with Crippen molar-refractivity contribution in [3.05, 3.63) is 35.9 Å². The lowest BCUT2D eigenvalue weighted by Crippen LogP contribution is -2.27. The van der Waals surface area contributed by atoms with Crippen LogP contribution in [0, 0.1) is 5.92 Å². The lowest BCUT2D eigenvalue weighted by Gasteiger charge is -2.17. The topological polar surface area (TPSA) is 21.3 Å². The molecule has 2 nitrogen and oxygen atoms in total. The van der Waals surface area contributed by atoms with E-state index in [-0.39, 0.29) is 0 Å². The summed E-state index contributed by atoms with van der Waals surface area (Å²) in [5.41, 5.74) is 1.44. The van der Waals surface area contributed by atoms with E-state index in [9.17, 15) is 0 Å². The fourth-order valence-electron chi connectivity index (χ4n) is 1.99. The van der Waals surface area contributed by atoms with Crippen LogP contribution in [0.3, 0.4) is 0 Å². The number of methoxy groups -OCH3 is 1. The number of hydrogen-bond acceptors (Lipinski definition) is 3. The molecule has 0 amide bonds. The van der Waals surface area contributed by atoms with Gasteiger partial charge < -0.3 is 10.1 Å². The maximum atomic E-state index is 5.06. The second-order valence-electron chi connectivity index (χ2n) is 4.53. The molecule has 18 heavy (non-hydrogen) atoms. The monoisotopic (exact) mass is 267 g/mol. The molecule has 0 aliphatic heterocycles. The second-order valence-corrected chi connectivity index (χ2v) is 5.52. The molecule has 1 aromatic carbocycles. The van der Waals surface area contributed by atoms with Gasteiger partial charge in [-0.15, -0.1) is 0 Å². The van der Waals surface area contributed by atoms with E-state index in [4.69, 9.17) is 4.74 Å². The molecule has 0 spiro atoms. The quantitative estimate of drug-likeness (QED) is 0.659. The van der Waals surface area contributed by atoms with Gasteiger partial charge in [0.15, 0.2) is 0 Å². The highest BCUT2D eigenvalue weighted by molar-refractivity contribution is 7.98. The van der Waals surface area contributed by atoms with Crippen LogP contribution < -0.4 is 5.32 Å². The minimum absolute atomic E-state index is 0.719. The molecule has 102 valence electrons. The summed E-state index contributed by atoms with van der Waals surface area (Å²) in [4.78, 5) is 0. The third-order valence-electron chi connectivity index (χ3n) is 3.01. The molecular formula is C15H25NOS. The van der Waals surface area contributed by atoms with Crippen molar-refractivity contribution >= 4 is 11.8 Å². The van der Waals surface area contributed by atoms with Crippen LogP contribution in [0.1, 0.15) is 12.0 Å². The van der Waals surface area contributed by atoms with E-state index in [1.807, 2.05) is 11.8 Å². The molecule has 0 aliphatic carbocycles. The molecule has 1 aromatic rings. The first-order valence-electron chi connectivity index (χ1n) is 6.59. The molecule has 1 rings (SSSR count). The summed E-state index contributed by atoms with van der Waals surface area (Å²) < 4.78 is 5.06. The maximum Gasteiger partial charge on any atom is 0.0587 e. The van der Waals surface area contributed by atoms with Gasteiger partial charge in [-0.05, 0) is 42.9 Å². The summed E-state index contributed by atoms with van der Waals surface area (Å²) in [6, 6.07) is 10.8. The molecule has 0 heterocycles. The molecule has 0 bridgehead atoms. The van der Waals surface area contributed by atoms with Crippen LogP contribution in [0.2, 0.25) is 0 Å². The third-order valence-corrected chi connectivity index (χ3v) is 3.66. The van der Waals surface area contributed by atoms with Gasteiger partial charge in [0.1, 0.15) is 0 Å². The Morgan fingerprint density at radius 3 is 2.72 bits per heavy atom. The second kappa shape index (κ2) is 10.4. The van der Waals surface area contributed by atoms with E-state index in [2.05, 4.69) is 41.9 Å². The fourth-order valence-corrected chi connectivity index (χ4v) is 2.56. The summed E-state index contributed by atoms with van der Waals surface area (Å²) in [6.45, 7) is 2.82. The summed E-state index contributed by atoms with van der Waals surface area (Å²) >= 11 is 1.93. The Morgan fingerprint density at radius 2 is 2.06 bits per heavy atom. The average molecular weight is 267 g/mol. The standard InChI is InChI=1S/C15H25NOS/c1-17-10-9-16-13-15(8-11-18-2)12-14-6-4-3-5-7-14/h3-7,15-16H,8-13H2,1-2H3. The van der Waals surface area contributed by atoms with Crippen molar-refractivity contribution in [1.82, 2.24) is 5.32 Å². The predicted octanol–water partition coefficient (Wildman–Crippen LogP) is 2.83. The smallest absolute Gasteiger partial charge is 0.0587 e. The van der Waals surface area contributed by atoms with Crippen LogP contribution in [0.5, 0.6) is 0 Å². The zero-order chi connectivity index (χ0) is 13.1. The normalized spacial score (nSPS) is 12.6. The van der Waals surface area contributed by atoms with Crippen molar-refractivity contribution in [3.63, 3.8) is 0 Å². The van der Waals surface area contributed by atoms with E-state index in [1.165, 1.54) is 24.2 Å². The molecule has 1 N–H and O–H groups in total. The highest BCUT2D eigenvalue weighted by Crippen LogP contribution is 2.14. The molecule has 0 fully saturated rings. The number of rotatable bonds is 10. The van der Waals surface area contributed by atoms with Crippen LogP contribution in [-0.4, -0.2) is 38.8 Å². The van der Waals surface area contributed by atoms with Gasteiger partial charge in [0.25, 0.3) is 0 Å². The van der Waals surface area contributed by atoms with E-state index in [1.54, 1.807) is 7.11 Å². The van der Waals surface area contributed by atoms with Gasteiger partial charge in [0.05, 0.1) is 6.61 Å². The van der Waals surface area contributed by atoms with E-state index < -0.39 is 0 Å². The van der Waals surface area contributed by atoms with E-state index in [0.717, 1.165) is 25.6 Å². The molecule has 0 radical (unpaired) electrons. The molecule has 1 atom stereocenters. The Kier molecular flexibility index (Phi) is 9.00. The Morgan fingerprint density at radius 1 is 1.28 bits per heavy atom. The molecule has 3 heteroatoms. The van der Waals surface area contributed by atoms with Gasteiger partial charge in [0, 0.05) is 13.7 Å². The SMILES string of the molecule is COCCNCC(CCSC)Cc1ccccc1. The fraction of sp³-hybridized carbons (Fsp3) is 0.600. The number of ether oxygens (including phenoxy) is 1. The Labute approximate surface area is 116 Å². The van der Waals surface area contributed by atoms with Crippen LogP contribution in [-0.2, 0) is 11.2 Å². The predicted molar refractivity (Wildman–Crippen MR) is 81.4 cm³/mol. The lowest BCUT2D eigenvalue weighted by molar-refractivity contribution is 0.197.